The smallest absolute Gasteiger partial charge is 0.250 e. The maximum atomic E-state index is 12.0. The molecule has 3 rings (SSSR count). The SMILES string of the molecule is COc1ccccc1/C=C/C(=O)Nc1nc(-c2ccccn2)cs1. The van der Waals surface area contributed by atoms with Crippen molar-refractivity contribution in [2.45, 2.75) is 0 Å². The van der Waals surface area contributed by atoms with Crippen LogP contribution < -0.4 is 10.1 Å². The number of hydrogen-bond acceptors (Lipinski definition) is 5. The average molecular weight is 337 g/mol. The van der Waals surface area contributed by atoms with Crippen LogP contribution in [-0.2, 0) is 4.79 Å². The molecule has 1 amide bonds. The number of aromatic nitrogens is 2. The summed E-state index contributed by atoms with van der Waals surface area (Å²) >= 11 is 1.36. The fourth-order valence-electron chi connectivity index (χ4n) is 2.08. The molecule has 0 spiro atoms. The lowest BCUT2D eigenvalue weighted by molar-refractivity contribution is -0.111. The fourth-order valence-corrected chi connectivity index (χ4v) is 2.79. The summed E-state index contributed by atoms with van der Waals surface area (Å²) in [5.41, 5.74) is 2.35. The summed E-state index contributed by atoms with van der Waals surface area (Å²) in [7, 11) is 1.60. The predicted molar refractivity (Wildman–Crippen MR) is 96.0 cm³/mol. The molecular weight excluding hydrogens is 322 g/mol. The molecule has 0 bridgehead atoms. The number of amides is 1. The number of nitrogens with zero attached hydrogens (tertiary/aromatic N) is 2. The first-order chi connectivity index (χ1) is 11.8. The zero-order chi connectivity index (χ0) is 16.8. The molecule has 0 saturated carbocycles. The minimum Gasteiger partial charge on any atom is -0.496 e. The van der Waals surface area contributed by atoms with Gasteiger partial charge in [-0.1, -0.05) is 24.3 Å². The van der Waals surface area contributed by atoms with E-state index in [0.29, 0.717) is 10.9 Å². The van der Waals surface area contributed by atoms with E-state index in [-0.39, 0.29) is 5.91 Å². The third kappa shape index (κ3) is 3.85. The minimum absolute atomic E-state index is 0.247. The highest BCUT2D eigenvalue weighted by Gasteiger charge is 2.07. The maximum Gasteiger partial charge on any atom is 0.250 e. The van der Waals surface area contributed by atoms with Crippen molar-refractivity contribution in [2.24, 2.45) is 0 Å². The summed E-state index contributed by atoms with van der Waals surface area (Å²) in [6.07, 6.45) is 4.88. The van der Waals surface area contributed by atoms with E-state index in [4.69, 9.17) is 4.74 Å². The van der Waals surface area contributed by atoms with E-state index < -0.39 is 0 Å². The van der Waals surface area contributed by atoms with E-state index in [9.17, 15) is 4.79 Å². The second-order valence-electron chi connectivity index (χ2n) is 4.82. The van der Waals surface area contributed by atoms with Gasteiger partial charge < -0.3 is 4.74 Å². The van der Waals surface area contributed by atoms with E-state index in [1.165, 1.54) is 17.4 Å². The maximum absolute atomic E-state index is 12.0. The molecular formula is C18H15N3O2S. The number of hydrogen-bond donors (Lipinski definition) is 1. The zero-order valence-electron chi connectivity index (χ0n) is 13.0. The summed E-state index contributed by atoms with van der Waals surface area (Å²) in [4.78, 5) is 20.7. The fraction of sp³-hybridized carbons (Fsp3) is 0.0556. The molecule has 0 saturated heterocycles. The van der Waals surface area contributed by atoms with Gasteiger partial charge in [0, 0.05) is 23.2 Å². The summed E-state index contributed by atoms with van der Waals surface area (Å²) < 4.78 is 5.25. The Kier molecular flexibility index (Phi) is 4.98. The summed E-state index contributed by atoms with van der Waals surface area (Å²) in [6, 6.07) is 13.1. The largest absolute Gasteiger partial charge is 0.496 e. The Hall–Kier alpha value is -2.99. The van der Waals surface area contributed by atoms with Crippen molar-refractivity contribution < 1.29 is 9.53 Å². The molecule has 1 aromatic carbocycles. The Labute approximate surface area is 143 Å². The topological polar surface area (TPSA) is 64.1 Å². The molecule has 0 fully saturated rings. The third-order valence-electron chi connectivity index (χ3n) is 3.21. The number of carbonyl (C=O) groups excluding carboxylic acids is 1. The van der Waals surface area contributed by atoms with Gasteiger partial charge in [0.1, 0.15) is 11.4 Å². The van der Waals surface area contributed by atoms with Gasteiger partial charge in [0.2, 0.25) is 5.91 Å². The Bertz CT molecular complexity index is 859. The quantitative estimate of drug-likeness (QED) is 0.718. The molecule has 0 atom stereocenters. The second-order valence-corrected chi connectivity index (χ2v) is 5.68. The van der Waals surface area contributed by atoms with E-state index in [2.05, 4.69) is 15.3 Å². The molecule has 0 aliphatic carbocycles. The number of thiazole rings is 1. The van der Waals surface area contributed by atoms with Crippen LogP contribution in [0.3, 0.4) is 0 Å². The Morgan fingerprint density at radius 2 is 2.00 bits per heavy atom. The van der Waals surface area contributed by atoms with Crippen LogP contribution in [0, 0.1) is 0 Å². The van der Waals surface area contributed by atoms with Crippen LogP contribution in [0.4, 0.5) is 5.13 Å². The molecule has 5 nitrogen and oxygen atoms in total. The van der Waals surface area contributed by atoms with Crippen LogP contribution in [0.5, 0.6) is 5.75 Å². The van der Waals surface area contributed by atoms with Crippen LogP contribution in [0.2, 0.25) is 0 Å². The van der Waals surface area contributed by atoms with Crippen molar-refractivity contribution in [3.63, 3.8) is 0 Å². The number of ether oxygens (including phenoxy) is 1. The number of methoxy groups -OCH3 is 1. The molecule has 2 heterocycles. The van der Waals surface area contributed by atoms with Crippen LogP contribution in [0.1, 0.15) is 5.56 Å². The van der Waals surface area contributed by atoms with Crippen molar-refractivity contribution in [3.8, 4) is 17.1 Å². The lowest BCUT2D eigenvalue weighted by Gasteiger charge is -2.03. The normalized spacial score (nSPS) is 10.7. The zero-order valence-corrected chi connectivity index (χ0v) is 13.8. The van der Waals surface area contributed by atoms with Crippen molar-refractivity contribution >= 4 is 28.5 Å². The van der Waals surface area contributed by atoms with Gasteiger partial charge in [-0.3, -0.25) is 15.1 Å². The molecule has 0 radical (unpaired) electrons. The van der Waals surface area contributed by atoms with Gasteiger partial charge in [-0.25, -0.2) is 4.98 Å². The monoisotopic (exact) mass is 337 g/mol. The first-order valence-corrected chi connectivity index (χ1v) is 8.13. The Balaban J connectivity index is 1.67. The highest BCUT2D eigenvalue weighted by atomic mass is 32.1. The van der Waals surface area contributed by atoms with Crippen molar-refractivity contribution in [1.82, 2.24) is 9.97 Å². The summed E-state index contributed by atoms with van der Waals surface area (Å²) in [5.74, 6) is 0.469. The molecule has 24 heavy (non-hydrogen) atoms. The molecule has 6 heteroatoms. The van der Waals surface area contributed by atoms with Gasteiger partial charge in [0.25, 0.3) is 0 Å². The van der Waals surface area contributed by atoms with Gasteiger partial charge in [-0.05, 0) is 24.3 Å². The standard InChI is InChI=1S/C18H15N3O2S/c1-23-16-8-3-2-6-13(16)9-10-17(22)21-18-20-15(12-24-18)14-7-4-5-11-19-14/h2-12H,1H3,(H,20,21,22)/b10-9+. The van der Waals surface area contributed by atoms with Gasteiger partial charge in [0.05, 0.1) is 12.8 Å². The number of anilines is 1. The molecule has 0 aliphatic rings. The number of benzene rings is 1. The Morgan fingerprint density at radius 1 is 1.17 bits per heavy atom. The van der Waals surface area contributed by atoms with Crippen molar-refractivity contribution in [2.75, 3.05) is 12.4 Å². The summed E-state index contributed by atoms with van der Waals surface area (Å²) in [6.45, 7) is 0. The van der Waals surface area contributed by atoms with E-state index in [1.807, 2.05) is 47.8 Å². The first kappa shape index (κ1) is 15.9. The number of para-hydroxylation sites is 1. The van der Waals surface area contributed by atoms with Gasteiger partial charge in [-0.2, -0.15) is 0 Å². The van der Waals surface area contributed by atoms with Gasteiger partial charge in [0.15, 0.2) is 5.13 Å². The van der Waals surface area contributed by atoms with Crippen molar-refractivity contribution in [1.29, 1.82) is 0 Å². The first-order valence-electron chi connectivity index (χ1n) is 7.25. The lowest BCUT2D eigenvalue weighted by Crippen LogP contribution is -2.07. The third-order valence-corrected chi connectivity index (χ3v) is 3.97. The van der Waals surface area contributed by atoms with Crippen molar-refractivity contribution in [3.05, 3.63) is 65.7 Å². The second kappa shape index (κ2) is 7.52. The molecule has 120 valence electrons. The molecule has 2 aromatic heterocycles. The molecule has 0 aliphatic heterocycles. The average Bonchev–Trinajstić information content (AvgIpc) is 3.09. The molecule has 1 N–H and O–H groups in total. The number of pyridine rings is 1. The van der Waals surface area contributed by atoms with Gasteiger partial charge in [-0.15, -0.1) is 11.3 Å². The Morgan fingerprint density at radius 3 is 2.79 bits per heavy atom. The highest BCUT2D eigenvalue weighted by Crippen LogP contribution is 2.23. The summed E-state index contributed by atoms with van der Waals surface area (Å²) in [5, 5.41) is 5.15. The predicted octanol–water partition coefficient (Wildman–Crippen LogP) is 3.87. The van der Waals surface area contributed by atoms with Gasteiger partial charge >= 0.3 is 0 Å². The molecule has 0 unspecified atom stereocenters. The molecule has 3 aromatic rings. The van der Waals surface area contributed by atoms with E-state index >= 15 is 0 Å². The highest BCUT2D eigenvalue weighted by molar-refractivity contribution is 7.14. The van der Waals surface area contributed by atoms with Crippen LogP contribution in [0.15, 0.2) is 60.1 Å². The number of rotatable bonds is 5. The van der Waals surface area contributed by atoms with E-state index in [1.54, 1.807) is 19.4 Å². The lowest BCUT2D eigenvalue weighted by atomic mass is 10.2. The minimum atomic E-state index is -0.247. The van der Waals surface area contributed by atoms with Crippen LogP contribution in [0.25, 0.3) is 17.5 Å². The number of nitrogens with one attached hydrogen (secondary N) is 1. The number of carbonyl (C=O) groups is 1. The van der Waals surface area contributed by atoms with E-state index in [0.717, 1.165) is 17.0 Å². The van der Waals surface area contributed by atoms with Crippen LogP contribution >= 0.6 is 11.3 Å². The van der Waals surface area contributed by atoms with Crippen LogP contribution in [-0.4, -0.2) is 23.0 Å².